The SMILES string of the molecule is C[C@@H](NC1=C[C@H](c2cccc(C(F)(F)F)c2)N(c2ccc(OC(F)F)cc2)C1=O)c1ccccc1. The minimum atomic E-state index is -4.55. The molecule has 9 heteroatoms. The summed E-state index contributed by atoms with van der Waals surface area (Å²) in [4.78, 5) is 14.7. The minimum absolute atomic E-state index is 0.102. The summed E-state index contributed by atoms with van der Waals surface area (Å²) in [6.45, 7) is -1.15. The van der Waals surface area contributed by atoms with E-state index in [1.165, 1.54) is 41.3 Å². The van der Waals surface area contributed by atoms with Gasteiger partial charge in [0.15, 0.2) is 0 Å². The maximum Gasteiger partial charge on any atom is 0.416 e. The highest BCUT2D eigenvalue weighted by atomic mass is 19.4. The van der Waals surface area contributed by atoms with Gasteiger partial charge >= 0.3 is 12.8 Å². The summed E-state index contributed by atoms with van der Waals surface area (Å²) in [5.74, 6) is -0.562. The number of carbonyl (C=O) groups is 1. The first-order valence-corrected chi connectivity index (χ1v) is 10.7. The van der Waals surface area contributed by atoms with Crippen LogP contribution in [0.25, 0.3) is 0 Å². The molecule has 0 unspecified atom stereocenters. The van der Waals surface area contributed by atoms with Crippen LogP contribution < -0.4 is 15.0 Å². The Hall–Kier alpha value is -3.88. The third-order valence-electron chi connectivity index (χ3n) is 5.62. The Balaban J connectivity index is 1.70. The molecule has 1 N–H and O–H groups in total. The van der Waals surface area contributed by atoms with E-state index in [1.54, 1.807) is 6.08 Å². The first-order valence-electron chi connectivity index (χ1n) is 10.7. The summed E-state index contributed by atoms with van der Waals surface area (Å²) in [5, 5.41) is 3.15. The van der Waals surface area contributed by atoms with Crippen molar-refractivity contribution >= 4 is 11.6 Å². The zero-order valence-corrected chi connectivity index (χ0v) is 18.5. The van der Waals surface area contributed by atoms with Gasteiger partial charge in [-0.15, -0.1) is 0 Å². The van der Waals surface area contributed by atoms with Gasteiger partial charge in [-0.05, 0) is 60.5 Å². The van der Waals surface area contributed by atoms with E-state index in [9.17, 15) is 26.7 Å². The van der Waals surface area contributed by atoms with E-state index >= 15 is 0 Å². The van der Waals surface area contributed by atoms with Crippen LogP contribution in [-0.4, -0.2) is 12.5 Å². The van der Waals surface area contributed by atoms with Gasteiger partial charge in [-0.25, -0.2) is 0 Å². The monoisotopic (exact) mass is 488 g/mol. The molecule has 0 aliphatic carbocycles. The van der Waals surface area contributed by atoms with Gasteiger partial charge in [0.05, 0.1) is 17.3 Å². The van der Waals surface area contributed by atoms with Crippen molar-refractivity contribution in [2.24, 2.45) is 0 Å². The number of nitrogens with zero attached hydrogens (tertiary/aromatic N) is 1. The molecule has 4 rings (SSSR count). The molecule has 0 radical (unpaired) electrons. The van der Waals surface area contributed by atoms with Crippen molar-refractivity contribution in [2.45, 2.75) is 31.8 Å². The average Bonchev–Trinajstić information content (AvgIpc) is 3.15. The second-order valence-electron chi connectivity index (χ2n) is 7.97. The van der Waals surface area contributed by atoms with Gasteiger partial charge in [0.2, 0.25) is 0 Å². The highest BCUT2D eigenvalue weighted by Crippen LogP contribution is 2.38. The molecule has 35 heavy (non-hydrogen) atoms. The molecule has 1 amide bonds. The molecular weight excluding hydrogens is 467 g/mol. The third kappa shape index (κ3) is 5.45. The number of ether oxygens (including phenoxy) is 1. The molecule has 2 atom stereocenters. The van der Waals surface area contributed by atoms with E-state index in [2.05, 4.69) is 10.1 Å². The van der Waals surface area contributed by atoms with Crippen LogP contribution in [0.5, 0.6) is 5.75 Å². The Bertz CT molecular complexity index is 1210. The van der Waals surface area contributed by atoms with Gasteiger partial charge in [0.25, 0.3) is 5.91 Å². The van der Waals surface area contributed by atoms with Gasteiger partial charge in [0, 0.05) is 11.7 Å². The second kappa shape index (κ2) is 9.77. The first kappa shape index (κ1) is 24.3. The number of carbonyl (C=O) groups excluding carboxylic acids is 1. The van der Waals surface area contributed by atoms with E-state index in [1.807, 2.05) is 37.3 Å². The normalized spacial score (nSPS) is 16.9. The zero-order chi connectivity index (χ0) is 25.2. The van der Waals surface area contributed by atoms with Crippen LogP contribution in [0, 0.1) is 0 Å². The van der Waals surface area contributed by atoms with Crippen LogP contribution in [0.2, 0.25) is 0 Å². The molecule has 182 valence electrons. The summed E-state index contributed by atoms with van der Waals surface area (Å²) >= 11 is 0. The molecule has 0 aromatic heterocycles. The fraction of sp³-hybridized carbons (Fsp3) is 0.192. The molecule has 1 heterocycles. The van der Waals surface area contributed by atoms with Crippen LogP contribution in [0.15, 0.2) is 90.6 Å². The zero-order valence-electron chi connectivity index (χ0n) is 18.5. The van der Waals surface area contributed by atoms with E-state index in [-0.39, 0.29) is 23.1 Å². The molecule has 3 aromatic carbocycles. The summed E-state index contributed by atoms with van der Waals surface area (Å²) in [6, 6.07) is 18.4. The van der Waals surface area contributed by atoms with Crippen molar-refractivity contribution in [3.63, 3.8) is 0 Å². The van der Waals surface area contributed by atoms with Gasteiger partial charge in [-0.1, -0.05) is 42.5 Å². The van der Waals surface area contributed by atoms with Crippen LogP contribution in [0.3, 0.4) is 0 Å². The Morgan fingerprint density at radius 1 is 0.943 bits per heavy atom. The summed E-state index contributed by atoms with van der Waals surface area (Å²) in [5.41, 5.74) is 0.876. The van der Waals surface area contributed by atoms with Crippen LogP contribution in [-0.2, 0) is 11.0 Å². The molecule has 0 saturated heterocycles. The Morgan fingerprint density at radius 3 is 2.26 bits per heavy atom. The Morgan fingerprint density at radius 2 is 1.63 bits per heavy atom. The topological polar surface area (TPSA) is 41.6 Å². The predicted molar refractivity (Wildman–Crippen MR) is 121 cm³/mol. The van der Waals surface area contributed by atoms with Crippen LogP contribution >= 0.6 is 0 Å². The van der Waals surface area contributed by atoms with Crippen molar-refractivity contribution in [3.05, 3.63) is 107 Å². The molecule has 1 aliphatic rings. The van der Waals surface area contributed by atoms with E-state index in [0.29, 0.717) is 5.69 Å². The number of hydrogen-bond acceptors (Lipinski definition) is 3. The summed E-state index contributed by atoms with van der Waals surface area (Å²) in [7, 11) is 0. The van der Waals surface area contributed by atoms with Crippen molar-refractivity contribution in [1.29, 1.82) is 0 Å². The third-order valence-corrected chi connectivity index (χ3v) is 5.62. The first-order chi connectivity index (χ1) is 16.6. The quantitative estimate of drug-likeness (QED) is 0.380. The van der Waals surface area contributed by atoms with Gasteiger partial charge < -0.3 is 10.1 Å². The number of amides is 1. The van der Waals surface area contributed by atoms with Crippen molar-refractivity contribution < 1.29 is 31.5 Å². The maximum absolute atomic E-state index is 13.4. The molecule has 3 aromatic rings. The number of rotatable bonds is 7. The molecule has 4 nitrogen and oxygen atoms in total. The van der Waals surface area contributed by atoms with Gasteiger partial charge in [-0.3, -0.25) is 9.69 Å². The van der Waals surface area contributed by atoms with Gasteiger partial charge in [0.1, 0.15) is 5.75 Å². The number of anilines is 1. The lowest BCUT2D eigenvalue weighted by Gasteiger charge is -2.26. The highest BCUT2D eigenvalue weighted by Gasteiger charge is 2.37. The standard InChI is InChI=1S/C26H21F5N2O2/c1-16(17-6-3-2-4-7-17)32-22-15-23(18-8-5-9-19(14-18)26(29,30)31)33(24(22)34)20-10-12-21(13-11-20)35-25(27)28/h2-16,23,25,32H,1H3/t16-,23-/m1/s1. The molecule has 0 saturated carbocycles. The van der Waals surface area contributed by atoms with Gasteiger partial charge in [-0.2, -0.15) is 22.0 Å². The Labute approximate surface area is 198 Å². The minimum Gasteiger partial charge on any atom is -0.435 e. The molecule has 0 fully saturated rings. The smallest absolute Gasteiger partial charge is 0.416 e. The van der Waals surface area contributed by atoms with E-state index in [4.69, 9.17) is 0 Å². The van der Waals surface area contributed by atoms with Crippen molar-refractivity contribution in [3.8, 4) is 5.75 Å². The number of halogens is 5. The number of hydrogen-bond donors (Lipinski definition) is 1. The summed E-state index contributed by atoms with van der Waals surface area (Å²) < 4.78 is 69.5. The largest absolute Gasteiger partial charge is 0.435 e. The molecule has 0 bridgehead atoms. The summed E-state index contributed by atoms with van der Waals surface area (Å²) in [6.07, 6.45) is -2.98. The number of alkyl halides is 5. The number of benzene rings is 3. The van der Waals surface area contributed by atoms with Crippen molar-refractivity contribution in [2.75, 3.05) is 4.90 Å². The maximum atomic E-state index is 13.4. The van der Waals surface area contributed by atoms with E-state index < -0.39 is 30.3 Å². The van der Waals surface area contributed by atoms with Crippen molar-refractivity contribution in [1.82, 2.24) is 5.32 Å². The lowest BCUT2D eigenvalue weighted by Crippen LogP contribution is -2.33. The molecular formula is C26H21F5N2O2. The number of nitrogens with one attached hydrogen (secondary N) is 1. The average molecular weight is 488 g/mol. The van der Waals surface area contributed by atoms with E-state index in [0.717, 1.165) is 17.7 Å². The van der Waals surface area contributed by atoms with Crippen LogP contribution in [0.1, 0.15) is 35.7 Å². The Kier molecular flexibility index (Phi) is 6.77. The predicted octanol–water partition coefficient (Wildman–Crippen LogP) is 6.63. The second-order valence-corrected chi connectivity index (χ2v) is 7.97. The lowest BCUT2D eigenvalue weighted by atomic mass is 10.0. The highest BCUT2D eigenvalue weighted by molar-refractivity contribution is 6.09. The molecule has 0 spiro atoms. The molecule has 1 aliphatic heterocycles. The van der Waals surface area contributed by atoms with Crippen LogP contribution in [0.4, 0.5) is 27.6 Å². The lowest BCUT2D eigenvalue weighted by molar-refractivity contribution is -0.137. The fourth-order valence-corrected chi connectivity index (χ4v) is 3.94. The fourth-order valence-electron chi connectivity index (χ4n) is 3.94.